The quantitative estimate of drug-likeness (QED) is 0.167. The molecule has 294 valence electrons. The van der Waals surface area contributed by atoms with E-state index in [2.05, 4.69) is 235 Å². The lowest BCUT2D eigenvalue weighted by atomic mass is 9.70. The number of para-hydroxylation sites is 2. The van der Waals surface area contributed by atoms with E-state index in [0.717, 1.165) is 55.7 Å². The van der Waals surface area contributed by atoms with Gasteiger partial charge in [0.1, 0.15) is 11.2 Å². The van der Waals surface area contributed by atoms with Crippen molar-refractivity contribution in [2.24, 2.45) is 0 Å². The fraction of sp³-hybridized carbons (Fsp3) is 0.0164. The maximum absolute atomic E-state index is 6.48. The minimum absolute atomic E-state index is 0.474. The third-order valence-corrected chi connectivity index (χ3v) is 13.5. The molecule has 63 heavy (non-hydrogen) atoms. The first-order chi connectivity index (χ1) is 31.3. The van der Waals surface area contributed by atoms with Gasteiger partial charge in [-0.15, -0.1) is 0 Å². The molecular weight excluding hydrogens is 763 g/mol. The first-order valence-corrected chi connectivity index (χ1v) is 21.8. The van der Waals surface area contributed by atoms with Crippen LogP contribution in [0.2, 0.25) is 0 Å². The van der Waals surface area contributed by atoms with Crippen LogP contribution < -0.4 is 4.90 Å². The molecule has 0 fully saturated rings. The van der Waals surface area contributed by atoms with Crippen molar-refractivity contribution >= 4 is 39.0 Å². The SMILES string of the molecule is c1ccc(-c2ccccc2-c2cccc(N(c3ccc4c(c3)C3(c5ccccc5-c5ccccc53)c3ccccc3-4)c3ccccc3-c3cccc4oc5ccccc5c34)c2)cc1. The largest absolute Gasteiger partial charge is 0.456 e. The number of fused-ring (bicyclic) bond motifs is 13. The fourth-order valence-corrected chi connectivity index (χ4v) is 11.0. The van der Waals surface area contributed by atoms with E-state index in [1.54, 1.807) is 0 Å². The van der Waals surface area contributed by atoms with Crippen molar-refractivity contribution in [3.63, 3.8) is 0 Å². The van der Waals surface area contributed by atoms with E-state index in [4.69, 9.17) is 4.42 Å². The van der Waals surface area contributed by atoms with Crippen LogP contribution in [0.4, 0.5) is 17.1 Å². The van der Waals surface area contributed by atoms with Crippen LogP contribution in [0.3, 0.4) is 0 Å². The van der Waals surface area contributed by atoms with Crippen LogP contribution in [-0.4, -0.2) is 0 Å². The second-order valence-electron chi connectivity index (χ2n) is 16.7. The van der Waals surface area contributed by atoms with Gasteiger partial charge in [-0.05, 0) is 115 Å². The highest BCUT2D eigenvalue weighted by Crippen LogP contribution is 2.63. The van der Waals surface area contributed by atoms with Gasteiger partial charge in [-0.1, -0.05) is 194 Å². The maximum atomic E-state index is 6.48. The second-order valence-corrected chi connectivity index (χ2v) is 16.7. The number of benzene rings is 10. The minimum atomic E-state index is -0.474. The number of hydrogen-bond donors (Lipinski definition) is 0. The zero-order chi connectivity index (χ0) is 41.5. The molecule has 1 spiro atoms. The molecular formula is C61H39NO. The summed E-state index contributed by atoms with van der Waals surface area (Å²) < 4.78 is 6.48. The average molecular weight is 802 g/mol. The van der Waals surface area contributed by atoms with Crippen molar-refractivity contribution in [2.75, 3.05) is 4.90 Å². The Morgan fingerprint density at radius 1 is 0.302 bits per heavy atom. The summed E-state index contributed by atoms with van der Waals surface area (Å²) in [6.45, 7) is 0. The molecule has 0 saturated heterocycles. The topological polar surface area (TPSA) is 16.4 Å². The van der Waals surface area contributed by atoms with Crippen LogP contribution in [-0.2, 0) is 5.41 Å². The first-order valence-electron chi connectivity index (χ1n) is 21.8. The Kier molecular flexibility index (Phi) is 7.85. The zero-order valence-corrected chi connectivity index (χ0v) is 34.4. The van der Waals surface area contributed by atoms with E-state index < -0.39 is 5.41 Å². The van der Waals surface area contributed by atoms with Crippen LogP contribution in [0.25, 0.3) is 77.6 Å². The van der Waals surface area contributed by atoms with Gasteiger partial charge in [0.05, 0.1) is 11.1 Å². The predicted molar refractivity (Wildman–Crippen MR) is 261 cm³/mol. The lowest BCUT2D eigenvalue weighted by Gasteiger charge is -2.33. The van der Waals surface area contributed by atoms with Crippen molar-refractivity contribution in [3.05, 3.63) is 259 Å². The monoisotopic (exact) mass is 801 g/mol. The van der Waals surface area contributed by atoms with Crippen molar-refractivity contribution in [3.8, 4) is 55.6 Å². The summed E-state index contributed by atoms with van der Waals surface area (Å²) in [7, 11) is 0. The Balaban J connectivity index is 1.09. The number of anilines is 3. The number of furan rings is 1. The molecule has 0 N–H and O–H groups in total. The van der Waals surface area contributed by atoms with E-state index in [0.29, 0.717) is 0 Å². The third kappa shape index (κ3) is 5.19. The summed E-state index contributed by atoms with van der Waals surface area (Å²) in [6, 6.07) is 86.6. The number of hydrogen-bond acceptors (Lipinski definition) is 2. The van der Waals surface area contributed by atoms with Gasteiger partial charge in [-0.2, -0.15) is 0 Å². The molecule has 10 aromatic carbocycles. The van der Waals surface area contributed by atoms with Gasteiger partial charge in [-0.3, -0.25) is 0 Å². The highest BCUT2D eigenvalue weighted by atomic mass is 16.3. The highest BCUT2D eigenvalue weighted by molar-refractivity contribution is 6.14. The van der Waals surface area contributed by atoms with Crippen molar-refractivity contribution < 1.29 is 4.42 Å². The Hall–Kier alpha value is -8.20. The Morgan fingerprint density at radius 2 is 0.794 bits per heavy atom. The van der Waals surface area contributed by atoms with E-state index >= 15 is 0 Å². The molecule has 13 rings (SSSR count). The summed E-state index contributed by atoms with van der Waals surface area (Å²) in [5.74, 6) is 0. The third-order valence-electron chi connectivity index (χ3n) is 13.5. The molecule has 2 aliphatic carbocycles. The van der Waals surface area contributed by atoms with Gasteiger partial charge in [-0.25, -0.2) is 0 Å². The second kappa shape index (κ2) is 13.9. The maximum Gasteiger partial charge on any atom is 0.136 e. The van der Waals surface area contributed by atoms with E-state index in [-0.39, 0.29) is 0 Å². The smallest absolute Gasteiger partial charge is 0.136 e. The average Bonchev–Trinajstić information content (AvgIpc) is 3.99. The van der Waals surface area contributed by atoms with Gasteiger partial charge < -0.3 is 9.32 Å². The standard InChI is InChI=1S/C61H39NO/c1-2-18-40(19-3-1)44-22-4-5-23-45(44)41-20-16-21-42(38-41)62(57-33-14-9-27-50(57)51-29-17-35-59-60(51)52-28-10-15-34-58(52)63-59)43-36-37-49-48-26-8-13-32-55(48)61(56(49)39-43)53-30-11-6-24-46(53)47-25-7-12-31-54(47)61/h1-39H. The Labute approximate surface area is 366 Å². The summed E-state index contributed by atoms with van der Waals surface area (Å²) in [5.41, 5.74) is 22.0. The van der Waals surface area contributed by atoms with Crippen molar-refractivity contribution in [1.29, 1.82) is 0 Å². The first kappa shape index (κ1) is 35.5. The molecule has 0 aliphatic heterocycles. The normalized spacial score (nSPS) is 12.9. The molecule has 2 aliphatic rings. The van der Waals surface area contributed by atoms with Gasteiger partial charge in [0.25, 0.3) is 0 Å². The molecule has 1 aromatic heterocycles. The van der Waals surface area contributed by atoms with E-state index in [9.17, 15) is 0 Å². The molecule has 0 radical (unpaired) electrons. The molecule has 2 heteroatoms. The van der Waals surface area contributed by atoms with Gasteiger partial charge >= 0.3 is 0 Å². The van der Waals surface area contributed by atoms with Gasteiger partial charge in [0.2, 0.25) is 0 Å². The molecule has 0 amide bonds. The Bertz CT molecular complexity index is 3530. The van der Waals surface area contributed by atoms with Crippen LogP contribution in [0.5, 0.6) is 0 Å². The molecule has 0 saturated carbocycles. The summed E-state index contributed by atoms with van der Waals surface area (Å²) in [5, 5.41) is 2.23. The van der Waals surface area contributed by atoms with Crippen LogP contribution in [0.15, 0.2) is 241 Å². The molecule has 0 unspecified atom stereocenters. The zero-order valence-electron chi connectivity index (χ0n) is 34.4. The molecule has 0 bridgehead atoms. The van der Waals surface area contributed by atoms with Crippen molar-refractivity contribution in [2.45, 2.75) is 5.41 Å². The van der Waals surface area contributed by atoms with Crippen LogP contribution >= 0.6 is 0 Å². The number of nitrogens with zero attached hydrogens (tertiary/aromatic N) is 1. The molecule has 2 nitrogen and oxygen atoms in total. The number of rotatable bonds is 6. The molecule has 0 atom stereocenters. The molecule has 11 aromatic rings. The van der Waals surface area contributed by atoms with Gasteiger partial charge in [0, 0.05) is 27.7 Å². The molecule has 1 heterocycles. The minimum Gasteiger partial charge on any atom is -0.456 e. The summed E-state index contributed by atoms with van der Waals surface area (Å²) in [4.78, 5) is 2.48. The summed E-state index contributed by atoms with van der Waals surface area (Å²) >= 11 is 0. The van der Waals surface area contributed by atoms with Crippen LogP contribution in [0.1, 0.15) is 22.3 Å². The lowest BCUT2D eigenvalue weighted by molar-refractivity contribution is 0.669. The van der Waals surface area contributed by atoms with E-state index in [1.165, 1.54) is 61.2 Å². The predicted octanol–water partition coefficient (Wildman–Crippen LogP) is 16.4. The van der Waals surface area contributed by atoms with Crippen LogP contribution in [0, 0.1) is 0 Å². The lowest BCUT2D eigenvalue weighted by Crippen LogP contribution is -2.26. The fourth-order valence-electron chi connectivity index (χ4n) is 11.0. The van der Waals surface area contributed by atoms with E-state index in [1.807, 2.05) is 6.07 Å². The highest BCUT2D eigenvalue weighted by Gasteiger charge is 2.51. The summed E-state index contributed by atoms with van der Waals surface area (Å²) in [6.07, 6.45) is 0. The Morgan fingerprint density at radius 3 is 1.51 bits per heavy atom. The van der Waals surface area contributed by atoms with Gasteiger partial charge in [0.15, 0.2) is 0 Å². The van der Waals surface area contributed by atoms with Crippen molar-refractivity contribution in [1.82, 2.24) is 0 Å².